The predicted octanol–water partition coefficient (Wildman–Crippen LogP) is 3.15. The largest absolute Gasteiger partial charge is 0.389 e. The highest BCUT2D eigenvalue weighted by atomic mass is 127. The van der Waals surface area contributed by atoms with Crippen molar-refractivity contribution in [3.05, 3.63) is 0 Å². The van der Waals surface area contributed by atoms with Gasteiger partial charge in [-0.25, -0.2) is 0 Å². The first-order valence-corrected chi connectivity index (χ1v) is 8.63. The highest BCUT2D eigenvalue weighted by Crippen LogP contribution is 2.22. The van der Waals surface area contributed by atoms with Gasteiger partial charge < -0.3 is 15.5 Å². The van der Waals surface area contributed by atoms with E-state index in [4.69, 9.17) is 0 Å². The lowest BCUT2D eigenvalue weighted by molar-refractivity contribution is -0.135. The van der Waals surface area contributed by atoms with E-state index in [-0.39, 0.29) is 48.3 Å². The number of halogens is 4. The summed E-state index contributed by atoms with van der Waals surface area (Å²) in [6, 6.07) is 0.126. The van der Waals surface area contributed by atoms with E-state index in [2.05, 4.69) is 15.6 Å². The van der Waals surface area contributed by atoms with Gasteiger partial charge in [-0.3, -0.25) is 9.79 Å². The number of hydrogen-bond acceptors (Lipinski definition) is 2. The van der Waals surface area contributed by atoms with Crippen molar-refractivity contribution in [2.45, 2.75) is 58.7 Å². The Morgan fingerprint density at radius 1 is 1.32 bits per heavy atom. The first-order chi connectivity index (χ1) is 11.2. The summed E-state index contributed by atoms with van der Waals surface area (Å²) in [5, 5.41) is 6.37. The van der Waals surface area contributed by atoms with Gasteiger partial charge in [0.1, 0.15) is 0 Å². The van der Waals surface area contributed by atoms with Crippen molar-refractivity contribution in [3.63, 3.8) is 0 Å². The van der Waals surface area contributed by atoms with Gasteiger partial charge >= 0.3 is 6.18 Å². The van der Waals surface area contributed by atoms with Gasteiger partial charge in [-0.15, -0.1) is 24.0 Å². The van der Waals surface area contributed by atoms with Crippen LogP contribution in [-0.2, 0) is 4.79 Å². The number of nitrogens with zero attached hydrogens (tertiary/aromatic N) is 2. The fourth-order valence-electron chi connectivity index (χ4n) is 2.58. The molecule has 0 radical (unpaired) electrons. The van der Waals surface area contributed by atoms with Crippen LogP contribution in [0.1, 0.15) is 46.5 Å². The Morgan fingerprint density at radius 3 is 2.56 bits per heavy atom. The van der Waals surface area contributed by atoms with Crippen molar-refractivity contribution in [2.75, 3.05) is 26.2 Å². The highest BCUT2D eigenvalue weighted by molar-refractivity contribution is 14.0. The second-order valence-corrected chi connectivity index (χ2v) is 6.40. The monoisotopic (exact) mass is 478 g/mol. The van der Waals surface area contributed by atoms with Crippen LogP contribution in [0.15, 0.2) is 4.99 Å². The zero-order chi connectivity index (χ0) is 18.2. The van der Waals surface area contributed by atoms with E-state index in [1.165, 1.54) is 0 Å². The van der Waals surface area contributed by atoms with E-state index in [9.17, 15) is 18.0 Å². The average Bonchev–Trinajstić information content (AvgIpc) is 2.93. The Kier molecular flexibility index (Phi) is 11.4. The van der Waals surface area contributed by atoms with Gasteiger partial charge in [-0.05, 0) is 26.2 Å². The maximum Gasteiger partial charge on any atom is 0.389 e. The van der Waals surface area contributed by atoms with Crippen LogP contribution < -0.4 is 10.6 Å². The lowest BCUT2D eigenvalue weighted by Crippen LogP contribution is -2.45. The first kappa shape index (κ1) is 24.3. The van der Waals surface area contributed by atoms with Gasteiger partial charge in [0.15, 0.2) is 5.96 Å². The Balaban J connectivity index is 0.00000576. The molecule has 148 valence electrons. The molecule has 1 aliphatic rings. The first-order valence-electron chi connectivity index (χ1n) is 8.63. The predicted molar refractivity (Wildman–Crippen MR) is 104 cm³/mol. The van der Waals surface area contributed by atoms with Crippen LogP contribution in [0.2, 0.25) is 0 Å². The number of likely N-dealkylation sites (tertiary alicyclic amines) is 1. The number of alkyl halides is 3. The van der Waals surface area contributed by atoms with E-state index in [0.29, 0.717) is 32.0 Å². The molecule has 1 heterocycles. The number of carbonyl (C=O) groups is 1. The topological polar surface area (TPSA) is 56.7 Å². The van der Waals surface area contributed by atoms with Crippen LogP contribution in [0.5, 0.6) is 0 Å². The summed E-state index contributed by atoms with van der Waals surface area (Å²) in [7, 11) is 0. The SMILES string of the molecule is CCNC(=NCCCCC(F)(F)F)NC1CCN(C(=O)C(C)C)C1.I. The number of carbonyl (C=O) groups excluding carboxylic acids is 1. The Morgan fingerprint density at radius 2 is 2.00 bits per heavy atom. The van der Waals surface area contributed by atoms with Gasteiger partial charge in [0.05, 0.1) is 0 Å². The Hall–Kier alpha value is -0.740. The van der Waals surface area contributed by atoms with Crippen molar-refractivity contribution < 1.29 is 18.0 Å². The molecular weight excluding hydrogens is 448 g/mol. The summed E-state index contributed by atoms with van der Waals surface area (Å²) in [4.78, 5) is 18.2. The summed E-state index contributed by atoms with van der Waals surface area (Å²) in [5.41, 5.74) is 0. The number of nitrogens with one attached hydrogen (secondary N) is 2. The normalized spacial score (nSPS) is 18.3. The molecule has 0 aliphatic carbocycles. The standard InChI is InChI=1S/C16H29F3N4O.HI/c1-4-20-15(21-9-6-5-8-16(17,18)19)22-13-7-10-23(11-13)14(24)12(2)3;/h12-13H,4-11H2,1-3H3,(H2,20,21,22);1H. The molecule has 0 aromatic rings. The van der Waals surface area contributed by atoms with Crippen LogP contribution in [-0.4, -0.2) is 55.2 Å². The Bertz CT molecular complexity index is 430. The van der Waals surface area contributed by atoms with Crippen LogP contribution in [0.4, 0.5) is 13.2 Å². The van der Waals surface area contributed by atoms with Gasteiger partial charge in [0.2, 0.25) is 5.91 Å². The summed E-state index contributed by atoms with van der Waals surface area (Å²) < 4.78 is 36.3. The number of amides is 1. The van der Waals surface area contributed by atoms with Gasteiger partial charge in [0.25, 0.3) is 0 Å². The molecule has 1 aliphatic heterocycles. The summed E-state index contributed by atoms with van der Waals surface area (Å²) in [6.45, 7) is 8.09. The zero-order valence-corrected chi connectivity index (χ0v) is 17.5. The van der Waals surface area contributed by atoms with Gasteiger partial charge in [0, 0.05) is 44.6 Å². The lowest BCUT2D eigenvalue weighted by atomic mass is 10.2. The molecule has 2 N–H and O–H groups in total. The quantitative estimate of drug-likeness (QED) is 0.256. The zero-order valence-electron chi connectivity index (χ0n) is 15.2. The van der Waals surface area contributed by atoms with E-state index in [1.807, 2.05) is 25.7 Å². The minimum absolute atomic E-state index is 0. The molecule has 1 amide bonds. The van der Waals surface area contributed by atoms with E-state index in [0.717, 1.165) is 13.0 Å². The molecule has 1 fully saturated rings. The summed E-state index contributed by atoms with van der Waals surface area (Å²) in [5.74, 6) is 0.737. The molecule has 5 nitrogen and oxygen atoms in total. The number of guanidine groups is 1. The van der Waals surface area contributed by atoms with E-state index in [1.54, 1.807) is 0 Å². The number of unbranched alkanes of at least 4 members (excludes halogenated alkanes) is 1. The number of hydrogen-bond donors (Lipinski definition) is 2. The third-order valence-corrected chi connectivity index (χ3v) is 3.82. The maximum atomic E-state index is 12.1. The van der Waals surface area contributed by atoms with Crippen molar-refractivity contribution in [1.82, 2.24) is 15.5 Å². The molecule has 0 saturated carbocycles. The minimum Gasteiger partial charge on any atom is -0.357 e. The third kappa shape index (κ3) is 10.1. The molecule has 1 atom stereocenters. The molecule has 0 bridgehead atoms. The summed E-state index contributed by atoms with van der Waals surface area (Å²) in [6.07, 6.45) is -3.52. The minimum atomic E-state index is -4.09. The summed E-state index contributed by atoms with van der Waals surface area (Å²) >= 11 is 0. The number of rotatable bonds is 7. The fourth-order valence-corrected chi connectivity index (χ4v) is 2.58. The molecule has 0 spiro atoms. The van der Waals surface area contributed by atoms with E-state index >= 15 is 0 Å². The van der Waals surface area contributed by atoms with Crippen LogP contribution in [0.25, 0.3) is 0 Å². The Labute approximate surface area is 165 Å². The third-order valence-electron chi connectivity index (χ3n) is 3.82. The second kappa shape index (κ2) is 11.8. The lowest BCUT2D eigenvalue weighted by Gasteiger charge is -2.20. The van der Waals surface area contributed by atoms with Crippen LogP contribution >= 0.6 is 24.0 Å². The molecule has 0 aromatic carbocycles. The van der Waals surface area contributed by atoms with Crippen molar-refractivity contribution in [3.8, 4) is 0 Å². The molecule has 0 aromatic heterocycles. The van der Waals surface area contributed by atoms with Crippen molar-refractivity contribution >= 4 is 35.8 Å². The van der Waals surface area contributed by atoms with Gasteiger partial charge in [-0.2, -0.15) is 13.2 Å². The van der Waals surface area contributed by atoms with Crippen LogP contribution in [0, 0.1) is 5.92 Å². The van der Waals surface area contributed by atoms with E-state index < -0.39 is 12.6 Å². The molecule has 9 heteroatoms. The maximum absolute atomic E-state index is 12.1. The smallest absolute Gasteiger partial charge is 0.357 e. The molecule has 1 unspecified atom stereocenters. The molecule has 25 heavy (non-hydrogen) atoms. The van der Waals surface area contributed by atoms with Gasteiger partial charge in [-0.1, -0.05) is 13.8 Å². The molecule has 1 rings (SSSR count). The van der Waals surface area contributed by atoms with Crippen LogP contribution in [0.3, 0.4) is 0 Å². The number of aliphatic imine (C=N–C) groups is 1. The fraction of sp³-hybridized carbons (Fsp3) is 0.875. The van der Waals surface area contributed by atoms with Crippen molar-refractivity contribution in [2.24, 2.45) is 10.9 Å². The van der Waals surface area contributed by atoms with Crippen molar-refractivity contribution in [1.29, 1.82) is 0 Å². The molecule has 1 saturated heterocycles. The second-order valence-electron chi connectivity index (χ2n) is 6.40. The average molecular weight is 478 g/mol. The highest BCUT2D eigenvalue weighted by Gasteiger charge is 2.28. The molecular formula is C16H30F3IN4O.